The van der Waals surface area contributed by atoms with Crippen LogP contribution in [0.3, 0.4) is 0 Å². The van der Waals surface area contributed by atoms with Gasteiger partial charge in [0.15, 0.2) is 10.8 Å². The lowest BCUT2D eigenvalue weighted by molar-refractivity contribution is -0.134. The first-order valence-corrected chi connectivity index (χ1v) is 28.3. The van der Waals surface area contributed by atoms with Crippen LogP contribution in [0, 0.1) is 12.8 Å². The summed E-state index contributed by atoms with van der Waals surface area (Å²) in [4.78, 5) is 69.2. The normalized spacial score (nSPS) is 19.3. The molecule has 1 saturated carbocycles. The highest BCUT2D eigenvalue weighted by molar-refractivity contribution is 7.22. The van der Waals surface area contributed by atoms with Gasteiger partial charge in [-0.25, -0.2) is 14.8 Å². The van der Waals surface area contributed by atoms with Gasteiger partial charge < -0.3 is 19.3 Å². The maximum atomic E-state index is 14.0. The van der Waals surface area contributed by atoms with Gasteiger partial charge in [0.2, 0.25) is 11.8 Å². The fraction of sp³-hybridized carbons (Fsp3) is 0.426. The summed E-state index contributed by atoms with van der Waals surface area (Å²) in [6, 6.07) is 30.1. The van der Waals surface area contributed by atoms with Gasteiger partial charge in [-0.2, -0.15) is 5.10 Å². The Hall–Kier alpha value is -7.17. The molecular formula is C61H69N9O6S. The van der Waals surface area contributed by atoms with E-state index in [9.17, 15) is 19.2 Å². The van der Waals surface area contributed by atoms with Gasteiger partial charge in [0.25, 0.3) is 5.91 Å². The number of amides is 3. The van der Waals surface area contributed by atoms with E-state index in [-0.39, 0.29) is 29.5 Å². The van der Waals surface area contributed by atoms with E-state index in [1.54, 1.807) is 0 Å². The lowest BCUT2D eigenvalue weighted by Crippen LogP contribution is -2.46. The zero-order valence-electron chi connectivity index (χ0n) is 44.9. The van der Waals surface area contributed by atoms with Crippen LogP contribution in [0.25, 0.3) is 32.2 Å². The zero-order chi connectivity index (χ0) is 53.4. The van der Waals surface area contributed by atoms with Crippen molar-refractivity contribution in [1.29, 1.82) is 0 Å². The molecule has 4 aliphatic rings. The summed E-state index contributed by atoms with van der Waals surface area (Å²) in [5.74, 6) is 0.634. The second kappa shape index (κ2) is 22.1. The molecule has 2 N–H and O–H groups in total. The van der Waals surface area contributed by atoms with E-state index in [2.05, 4.69) is 67.6 Å². The Morgan fingerprint density at radius 2 is 1.61 bits per heavy atom. The minimum atomic E-state index is -0.722. The molecule has 0 spiro atoms. The van der Waals surface area contributed by atoms with E-state index in [1.807, 2.05) is 93.2 Å². The highest BCUT2D eigenvalue weighted by Crippen LogP contribution is 2.38. The minimum absolute atomic E-state index is 0.168. The molecular weight excluding hydrogens is 987 g/mol. The topological polar surface area (TPSA) is 164 Å². The standard InChI is InChI=1S/C61H69N9O6S/c1-38-36-42(75-41-21-19-39(20-22-41)12-8-9-30-68-32-34-69(35-33-68)50-17-11-15-46-54(66-67(5)56(46)50)47-26-28-53(71)64-58(47)73)23-24-43(38)44-25-27-52(63-55(44)59(74)76-61(2,3)4)70-31-29-40-13-10-14-45(48(40)37-70)57(72)65-60-62-49-16-6-7-18-51(49)77-60/h6-7,10-11,13-18,23-25,27,36,39,41,47H,8-9,12,19-22,26,28-35,37H2,1-5H3,(H,62,65,72)(H,64,71,73). The monoisotopic (exact) mass is 1060 g/mol. The summed E-state index contributed by atoms with van der Waals surface area (Å²) in [6.45, 7) is 13.8. The molecule has 15 nitrogen and oxygen atoms in total. The molecule has 1 unspecified atom stereocenters. The molecule has 16 heteroatoms. The van der Waals surface area contributed by atoms with Gasteiger partial charge in [-0.3, -0.25) is 34.6 Å². The van der Waals surface area contributed by atoms with E-state index in [0.29, 0.717) is 48.0 Å². The maximum Gasteiger partial charge on any atom is 0.358 e. The summed E-state index contributed by atoms with van der Waals surface area (Å²) < 4.78 is 15.5. The zero-order valence-corrected chi connectivity index (χ0v) is 45.7. The quantitative estimate of drug-likeness (QED) is 0.0603. The molecule has 1 aliphatic carbocycles. The van der Waals surface area contributed by atoms with Crippen molar-refractivity contribution in [2.45, 2.75) is 116 Å². The van der Waals surface area contributed by atoms with Crippen LogP contribution in [0.5, 0.6) is 5.75 Å². The Kier molecular flexibility index (Phi) is 14.9. The summed E-state index contributed by atoms with van der Waals surface area (Å²) in [5, 5.41) is 11.9. The largest absolute Gasteiger partial charge is 0.490 e. The number of piperidine rings is 1. The van der Waals surface area contributed by atoms with E-state index < -0.39 is 17.5 Å². The summed E-state index contributed by atoms with van der Waals surface area (Å²) in [6.07, 6.45) is 9.81. The molecule has 2 saturated heterocycles. The van der Waals surface area contributed by atoms with Crippen molar-refractivity contribution in [2.24, 2.45) is 13.0 Å². The first-order valence-electron chi connectivity index (χ1n) is 27.5. The number of carbonyl (C=O) groups is 4. The number of benzene rings is 4. The number of nitrogens with one attached hydrogen (secondary N) is 2. The van der Waals surface area contributed by atoms with Crippen molar-refractivity contribution < 1.29 is 28.7 Å². The van der Waals surface area contributed by atoms with Gasteiger partial charge in [0.1, 0.15) is 17.2 Å². The number of anilines is 3. The fourth-order valence-corrected chi connectivity index (χ4v) is 12.8. The first kappa shape index (κ1) is 51.9. The molecule has 3 aliphatic heterocycles. The van der Waals surface area contributed by atoms with E-state index in [4.69, 9.17) is 19.6 Å². The van der Waals surface area contributed by atoms with Crippen molar-refractivity contribution in [2.75, 3.05) is 54.4 Å². The molecule has 11 rings (SSSR count). The van der Waals surface area contributed by atoms with Gasteiger partial charge in [-0.05, 0) is 156 Å². The van der Waals surface area contributed by atoms with Crippen LogP contribution in [0.1, 0.15) is 128 Å². The summed E-state index contributed by atoms with van der Waals surface area (Å²) in [7, 11) is 1.95. The number of nitrogens with zero attached hydrogens (tertiary/aromatic N) is 7. The van der Waals surface area contributed by atoms with Crippen molar-refractivity contribution in [1.82, 2.24) is 30.0 Å². The number of ether oxygens (including phenoxy) is 2. The maximum absolute atomic E-state index is 14.0. The molecule has 6 heterocycles. The number of imide groups is 1. The molecule has 0 radical (unpaired) electrons. The lowest BCUT2D eigenvalue weighted by atomic mass is 9.84. The molecule has 3 fully saturated rings. The SMILES string of the molecule is Cc1cc(OC2CCC(CCCCN3CCN(c4cccc5c(C6CCC(=O)NC6=O)nn(C)c45)CC3)CC2)ccc1-c1ccc(N2CCc3cccc(C(=O)Nc4nc5ccccc5s4)c3C2)nc1C(=O)OC(C)(C)C. The number of hydrogen-bond donors (Lipinski definition) is 2. The lowest BCUT2D eigenvalue weighted by Gasteiger charge is -2.36. The van der Waals surface area contributed by atoms with Crippen LogP contribution in [-0.2, 0) is 34.3 Å². The minimum Gasteiger partial charge on any atom is -0.490 e. The number of piperazine rings is 1. The van der Waals surface area contributed by atoms with Crippen LogP contribution in [0.4, 0.5) is 16.6 Å². The molecule has 1 atom stereocenters. The fourth-order valence-electron chi connectivity index (χ4n) is 11.9. The Balaban J connectivity index is 0.668. The van der Waals surface area contributed by atoms with Crippen LogP contribution in [0.2, 0.25) is 0 Å². The second-order valence-electron chi connectivity index (χ2n) is 22.4. The van der Waals surface area contributed by atoms with Gasteiger partial charge in [0, 0.05) is 69.3 Å². The number of para-hydroxylation sites is 2. The molecule has 400 valence electrons. The molecule has 77 heavy (non-hydrogen) atoms. The molecule has 3 amide bonds. The molecule has 4 aromatic carbocycles. The number of aryl methyl sites for hydroxylation is 2. The van der Waals surface area contributed by atoms with Crippen LogP contribution in [0.15, 0.2) is 91.0 Å². The predicted molar refractivity (Wildman–Crippen MR) is 303 cm³/mol. The third-order valence-electron chi connectivity index (χ3n) is 15.9. The van der Waals surface area contributed by atoms with Crippen LogP contribution in [-0.4, -0.2) is 99.3 Å². The average molecular weight is 1060 g/mol. The summed E-state index contributed by atoms with van der Waals surface area (Å²) >= 11 is 1.45. The van der Waals surface area contributed by atoms with Crippen molar-refractivity contribution in [3.8, 4) is 16.9 Å². The Bertz CT molecular complexity index is 3330. The third-order valence-corrected chi connectivity index (χ3v) is 16.9. The van der Waals surface area contributed by atoms with Gasteiger partial charge in [0.05, 0.1) is 39.1 Å². The number of fused-ring (bicyclic) bond motifs is 3. The number of unbranched alkanes of at least 4 members (excludes halogenated alkanes) is 1. The number of carbonyl (C=O) groups excluding carboxylic acids is 4. The van der Waals surface area contributed by atoms with Crippen LogP contribution < -0.4 is 25.2 Å². The average Bonchev–Trinajstić information content (AvgIpc) is 4.11. The second-order valence-corrected chi connectivity index (χ2v) is 23.4. The number of aromatic nitrogens is 4. The summed E-state index contributed by atoms with van der Waals surface area (Å²) in [5.41, 5.74) is 8.56. The van der Waals surface area contributed by atoms with Crippen molar-refractivity contribution in [3.63, 3.8) is 0 Å². The van der Waals surface area contributed by atoms with Crippen molar-refractivity contribution >= 4 is 72.8 Å². The molecule has 7 aromatic rings. The number of hydrogen-bond acceptors (Lipinski definition) is 13. The Morgan fingerprint density at radius 1 is 0.818 bits per heavy atom. The number of rotatable bonds is 14. The Labute approximate surface area is 454 Å². The predicted octanol–water partition coefficient (Wildman–Crippen LogP) is 10.8. The van der Waals surface area contributed by atoms with Crippen LogP contribution >= 0.6 is 11.3 Å². The Morgan fingerprint density at radius 3 is 2.39 bits per heavy atom. The van der Waals surface area contributed by atoms with E-state index >= 15 is 0 Å². The third kappa shape index (κ3) is 11.5. The first-order chi connectivity index (χ1) is 37.2. The number of esters is 1. The van der Waals surface area contributed by atoms with Gasteiger partial charge in [-0.1, -0.05) is 66.6 Å². The highest BCUT2D eigenvalue weighted by Gasteiger charge is 2.33. The smallest absolute Gasteiger partial charge is 0.358 e. The molecule has 3 aromatic heterocycles. The number of pyridine rings is 1. The van der Waals surface area contributed by atoms with Gasteiger partial charge in [-0.15, -0.1) is 0 Å². The highest BCUT2D eigenvalue weighted by atomic mass is 32.1. The number of thiazole rings is 1. The van der Waals surface area contributed by atoms with Crippen molar-refractivity contribution in [3.05, 3.63) is 125 Å². The van der Waals surface area contributed by atoms with E-state index in [1.165, 1.54) is 43.4 Å². The van der Waals surface area contributed by atoms with E-state index in [0.717, 1.165) is 118 Å². The van der Waals surface area contributed by atoms with Gasteiger partial charge >= 0.3 is 5.97 Å². The molecule has 0 bridgehead atoms.